The lowest BCUT2D eigenvalue weighted by atomic mass is 10.1. The minimum Gasteiger partial charge on any atom is -0.395 e. The van der Waals surface area contributed by atoms with Gasteiger partial charge in [0.05, 0.1) is 24.3 Å². The molecule has 0 bridgehead atoms. The maximum atomic E-state index is 11.8. The molecule has 110 valence electrons. The van der Waals surface area contributed by atoms with E-state index in [0.29, 0.717) is 11.2 Å². The van der Waals surface area contributed by atoms with E-state index in [1.807, 2.05) is 0 Å². The van der Waals surface area contributed by atoms with E-state index < -0.39 is 22.3 Å². The number of imidazole rings is 1. The topological polar surface area (TPSA) is 130 Å². The number of nitrogens with one attached hydrogen (secondary N) is 1. The smallest absolute Gasteiger partial charge is 0.280 e. The summed E-state index contributed by atoms with van der Waals surface area (Å²) in [5.74, 6) is -0.0133. The number of nitrogen functional groups attached to an aromatic ring is 1. The molecule has 0 amide bonds. The number of aliphatic hydroxyl groups excluding tert-OH is 2. The Morgan fingerprint density at radius 2 is 2.38 bits per heavy atom. The molecule has 1 saturated heterocycles. The zero-order valence-corrected chi connectivity index (χ0v) is 11.7. The lowest BCUT2D eigenvalue weighted by Crippen LogP contribution is -2.22. The van der Waals surface area contributed by atoms with Crippen molar-refractivity contribution in [3.8, 4) is 0 Å². The van der Waals surface area contributed by atoms with Gasteiger partial charge in [0.1, 0.15) is 5.37 Å². The van der Waals surface area contributed by atoms with Gasteiger partial charge < -0.3 is 15.9 Å². The van der Waals surface area contributed by atoms with E-state index in [2.05, 4.69) is 27.3 Å². The van der Waals surface area contributed by atoms with Gasteiger partial charge in [-0.15, -0.1) is 17.5 Å². The minimum absolute atomic E-state index is 0.0133. The second kappa shape index (κ2) is 5.05. The molecule has 3 atom stereocenters. The number of aliphatic hydroxyl groups is 2. The third-order valence-corrected chi connectivity index (χ3v) is 4.82. The number of aromatic amines is 1. The molecule has 21 heavy (non-hydrogen) atoms. The van der Waals surface area contributed by atoms with Gasteiger partial charge in [0.25, 0.3) is 5.56 Å². The summed E-state index contributed by atoms with van der Waals surface area (Å²) in [5.41, 5.74) is 8.82. The van der Waals surface area contributed by atoms with E-state index in [-0.39, 0.29) is 18.1 Å². The minimum atomic E-state index is -0.862. The molecule has 0 unspecified atom stereocenters. The summed E-state index contributed by atoms with van der Waals surface area (Å²) in [5, 5.41) is 18.7. The predicted octanol–water partition coefficient (Wildman–Crippen LogP) is -0.620. The molecule has 0 aromatic carbocycles. The Hall–Kier alpha value is -2.06. The monoisotopic (exact) mass is 307 g/mol. The highest BCUT2D eigenvalue weighted by atomic mass is 32.2. The number of nitrogens with two attached hydrogens (primary N) is 1. The number of H-pyrrole nitrogens is 1. The number of hydrogen-bond donors (Lipinski definition) is 4. The molecule has 1 aliphatic rings. The van der Waals surface area contributed by atoms with Crippen molar-refractivity contribution in [2.75, 3.05) is 12.3 Å². The molecule has 0 radical (unpaired) electrons. The largest absolute Gasteiger partial charge is 0.395 e. The van der Waals surface area contributed by atoms with Crippen LogP contribution in [-0.2, 0) is 0 Å². The van der Waals surface area contributed by atoms with Crippen LogP contribution in [0.4, 0.5) is 5.95 Å². The summed E-state index contributed by atoms with van der Waals surface area (Å²) >= 11 is 1.33. The molecule has 0 spiro atoms. The molecule has 8 nitrogen and oxygen atoms in total. The van der Waals surface area contributed by atoms with E-state index in [9.17, 15) is 15.0 Å². The number of rotatable bonds is 2. The van der Waals surface area contributed by atoms with Gasteiger partial charge in [0.2, 0.25) is 5.95 Å². The lowest BCUT2D eigenvalue weighted by molar-refractivity contribution is 0.172. The average Bonchev–Trinajstić information content (AvgIpc) is 2.99. The molecule has 9 heteroatoms. The van der Waals surface area contributed by atoms with Crippen LogP contribution >= 0.6 is 11.8 Å². The van der Waals surface area contributed by atoms with Crippen LogP contribution in [0.5, 0.6) is 0 Å². The van der Waals surface area contributed by atoms with Crippen LogP contribution in [-0.4, -0.2) is 47.7 Å². The fourth-order valence-corrected chi connectivity index (χ4v) is 3.69. The van der Waals surface area contributed by atoms with E-state index >= 15 is 0 Å². The first-order chi connectivity index (χ1) is 10.1. The fourth-order valence-electron chi connectivity index (χ4n) is 2.32. The highest BCUT2D eigenvalue weighted by molar-refractivity contribution is 8.00. The fraction of sp³-hybridized carbons (Fsp3) is 0.333. The summed E-state index contributed by atoms with van der Waals surface area (Å²) in [6.45, 7) is 3.39. The van der Waals surface area contributed by atoms with Crippen LogP contribution < -0.4 is 11.3 Å². The van der Waals surface area contributed by atoms with Crippen LogP contribution in [0.1, 0.15) is 5.37 Å². The molecule has 2 aromatic rings. The van der Waals surface area contributed by atoms with Crippen LogP contribution in [0.25, 0.3) is 11.2 Å². The zero-order valence-electron chi connectivity index (χ0n) is 10.9. The maximum absolute atomic E-state index is 11.8. The summed E-state index contributed by atoms with van der Waals surface area (Å²) in [6.07, 6.45) is 0.590. The Balaban J connectivity index is 2.17. The molecule has 0 saturated carbocycles. The van der Waals surface area contributed by atoms with Crippen molar-refractivity contribution in [2.24, 2.45) is 0 Å². The highest BCUT2D eigenvalue weighted by Gasteiger charge is 2.40. The quantitative estimate of drug-likeness (QED) is 0.544. The van der Waals surface area contributed by atoms with Crippen LogP contribution in [0.15, 0.2) is 29.0 Å². The Labute approximate surface area is 123 Å². The third-order valence-electron chi connectivity index (χ3n) is 3.33. The van der Waals surface area contributed by atoms with Crippen molar-refractivity contribution in [1.29, 1.82) is 0 Å². The van der Waals surface area contributed by atoms with Crippen molar-refractivity contribution in [3.63, 3.8) is 0 Å². The van der Waals surface area contributed by atoms with E-state index in [4.69, 9.17) is 5.73 Å². The second-order valence-electron chi connectivity index (χ2n) is 4.56. The summed E-state index contributed by atoms with van der Waals surface area (Å²) in [7, 11) is 0. The highest BCUT2D eigenvalue weighted by Crippen LogP contribution is 2.45. The molecule has 2 aromatic heterocycles. The molecular weight excluding hydrogens is 294 g/mol. The lowest BCUT2D eigenvalue weighted by Gasteiger charge is -2.12. The Morgan fingerprint density at radius 3 is 3.05 bits per heavy atom. The Morgan fingerprint density at radius 1 is 1.62 bits per heavy atom. The van der Waals surface area contributed by atoms with Gasteiger partial charge >= 0.3 is 0 Å². The summed E-state index contributed by atoms with van der Waals surface area (Å²) in [4.78, 5) is 22.3. The molecule has 3 heterocycles. The molecule has 1 aliphatic heterocycles. The molecule has 5 N–H and O–H groups in total. The van der Waals surface area contributed by atoms with Crippen molar-refractivity contribution >= 4 is 28.9 Å². The third kappa shape index (κ3) is 2.07. The van der Waals surface area contributed by atoms with Gasteiger partial charge in [-0.05, 0) is 0 Å². The number of aromatic nitrogens is 4. The van der Waals surface area contributed by atoms with Crippen LogP contribution in [0.2, 0.25) is 0 Å². The normalized spacial score (nSPS) is 25.4. The zero-order chi connectivity index (χ0) is 15.1. The van der Waals surface area contributed by atoms with Crippen molar-refractivity contribution in [1.82, 2.24) is 19.5 Å². The van der Waals surface area contributed by atoms with E-state index in [1.54, 1.807) is 4.57 Å². The second-order valence-corrected chi connectivity index (χ2v) is 5.89. The number of fused-ring (bicyclic) bond motifs is 1. The first-order valence-corrected chi connectivity index (χ1v) is 7.07. The van der Waals surface area contributed by atoms with Crippen molar-refractivity contribution in [3.05, 3.63) is 34.6 Å². The maximum Gasteiger partial charge on any atom is 0.280 e. The standard InChI is InChI=1S/C12H13N5O3S/c1-2-5-8(19)6(3-18)21-11(5)17-4-14-7-9(17)15-12(13)16-10(7)20/h4,6,8,11,18-19H,1,3H2,(H3,13,15,16,20)/t6-,8+,11-/m1/s1. The van der Waals surface area contributed by atoms with Crippen molar-refractivity contribution < 1.29 is 10.2 Å². The van der Waals surface area contributed by atoms with Gasteiger partial charge in [-0.2, -0.15) is 4.98 Å². The summed E-state index contributed by atoms with van der Waals surface area (Å²) in [6, 6.07) is 0. The van der Waals surface area contributed by atoms with E-state index in [0.717, 1.165) is 0 Å². The summed E-state index contributed by atoms with van der Waals surface area (Å²) < 4.78 is 1.62. The van der Waals surface area contributed by atoms with Crippen molar-refractivity contribution in [2.45, 2.75) is 16.7 Å². The molecule has 3 rings (SSSR count). The number of nitrogens with zero attached hydrogens (tertiary/aromatic N) is 3. The Bertz CT molecular complexity index is 807. The van der Waals surface area contributed by atoms with Gasteiger partial charge in [0.15, 0.2) is 11.2 Å². The number of thioether (sulfide) groups is 1. The van der Waals surface area contributed by atoms with Crippen LogP contribution in [0, 0.1) is 0 Å². The molecular formula is C12H13N5O3S. The van der Waals surface area contributed by atoms with Crippen LogP contribution in [0.3, 0.4) is 0 Å². The van der Waals surface area contributed by atoms with Gasteiger partial charge in [-0.25, -0.2) is 4.98 Å². The molecule has 0 aliphatic carbocycles. The van der Waals surface area contributed by atoms with Gasteiger partial charge in [0, 0.05) is 5.57 Å². The first kappa shape index (κ1) is 13.9. The van der Waals surface area contributed by atoms with E-state index in [1.165, 1.54) is 18.1 Å². The predicted molar refractivity (Wildman–Crippen MR) is 78.7 cm³/mol. The number of hydrogen-bond acceptors (Lipinski definition) is 7. The first-order valence-electron chi connectivity index (χ1n) is 6.13. The SMILES string of the molecule is C=C=C1[C@H](n2cnc3c(=O)[nH]c(N)nc32)S[C@H](CO)[C@H]1O. The number of anilines is 1. The Kier molecular flexibility index (Phi) is 3.34. The van der Waals surface area contributed by atoms with Gasteiger partial charge in [-0.1, -0.05) is 6.58 Å². The average molecular weight is 307 g/mol. The van der Waals surface area contributed by atoms with Gasteiger partial charge in [-0.3, -0.25) is 14.3 Å². The molecule has 1 fully saturated rings.